The van der Waals surface area contributed by atoms with Gasteiger partial charge >= 0.3 is 0 Å². The first kappa shape index (κ1) is 26.3. The lowest BCUT2D eigenvalue weighted by atomic mass is 10.0. The molecule has 3 aromatic carbocycles. The number of nitrogens with zero attached hydrogens (tertiary/aromatic N) is 1. The first-order valence-electron chi connectivity index (χ1n) is 12.1. The van der Waals surface area contributed by atoms with Crippen molar-refractivity contribution in [1.29, 1.82) is 0 Å². The van der Waals surface area contributed by atoms with Gasteiger partial charge in [-0.15, -0.1) is 0 Å². The van der Waals surface area contributed by atoms with Gasteiger partial charge in [-0.05, 0) is 79.4 Å². The van der Waals surface area contributed by atoms with E-state index in [0.29, 0.717) is 23.6 Å². The molecule has 4 rings (SSSR count). The molecule has 9 heteroatoms. The topological polar surface area (TPSA) is 94.2 Å². The number of rotatable bonds is 8. The number of nitrogens with one attached hydrogen (secondary N) is 1. The lowest BCUT2D eigenvalue weighted by Gasteiger charge is -2.35. The zero-order valence-corrected chi connectivity index (χ0v) is 22.5. The molecule has 1 N–H and O–H groups in total. The highest BCUT2D eigenvalue weighted by molar-refractivity contribution is 7.92. The van der Waals surface area contributed by atoms with Crippen molar-refractivity contribution in [3.63, 3.8) is 0 Å². The minimum Gasteiger partial charge on any atom is -0.497 e. The van der Waals surface area contributed by atoms with Crippen LogP contribution in [0, 0.1) is 13.8 Å². The molecule has 0 fully saturated rings. The van der Waals surface area contributed by atoms with Crippen molar-refractivity contribution in [3.05, 3.63) is 77.4 Å². The Hall–Kier alpha value is -3.72. The maximum absolute atomic E-state index is 13.7. The summed E-state index contributed by atoms with van der Waals surface area (Å²) in [6.07, 6.45) is -0.384. The zero-order valence-electron chi connectivity index (χ0n) is 21.6. The molecule has 3 aromatic rings. The second-order valence-electron chi connectivity index (χ2n) is 8.99. The van der Waals surface area contributed by atoms with Crippen molar-refractivity contribution in [3.8, 4) is 17.2 Å². The Kier molecular flexibility index (Phi) is 7.63. The first-order valence-corrected chi connectivity index (χ1v) is 13.5. The quantitative estimate of drug-likeness (QED) is 0.465. The summed E-state index contributed by atoms with van der Waals surface area (Å²) < 4.78 is 45.2. The van der Waals surface area contributed by atoms with Crippen molar-refractivity contribution in [2.24, 2.45) is 0 Å². The Morgan fingerprint density at radius 3 is 2.41 bits per heavy atom. The third-order valence-electron chi connectivity index (χ3n) is 6.47. The SMILES string of the molecule is CC[C@H](NC(=O)[C@H]1CN(S(=O)(=O)c2ccc(OC)cc2)c2cc(C)ccc2O1)c1ccc(OC)c(C)c1. The maximum Gasteiger partial charge on any atom is 0.264 e. The van der Waals surface area contributed by atoms with Gasteiger partial charge in [0, 0.05) is 0 Å². The number of hydrogen-bond acceptors (Lipinski definition) is 6. The molecular formula is C28H32N2O6S. The second kappa shape index (κ2) is 10.7. The van der Waals surface area contributed by atoms with E-state index < -0.39 is 16.1 Å². The number of carbonyl (C=O) groups is 1. The van der Waals surface area contributed by atoms with Crippen LogP contribution in [0.4, 0.5) is 5.69 Å². The van der Waals surface area contributed by atoms with Gasteiger partial charge < -0.3 is 19.5 Å². The van der Waals surface area contributed by atoms with Gasteiger partial charge in [-0.2, -0.15) is 0 Å². The molecular weight excluding hydrogens is 492 g/mol. The van der Waals surface area contributed by atoms with E-state index in [1.165, 1.54) is 23.5 Å². The van der Waals surface area contributed by atoms with Crippen LogP contribution in [0.1, 0.15) is 36.1 Å². The Labute approximate surface area is 218 Å². The van der Waals surface area contributed by atoms with Gasteiger partial charge in [0.25, 0.3) is 15.9 Å². The Balaban J connectivity index is 1.64. The molecule has 196 valence electrons. The van der Waals surface area contributed by atoms with Crippen LogP contribution < -0.4 is 23.8 Å². The zero-order chi connectivity index (χ0) is 26.7. The number of fused-ring (bicyclic) bond motifs is 1. The molecule has 1 aliphatic heterocycles. The van der Waals surface area contributed by atoms with Crippen molar-refractivity contribution in [2.75, 3.05) is 25.1 Å². The fourth-order valence-electron chi connectivity index (χ4n) is 4.40. The highest BCUT2D eigenvalue weighted by Crippen LogP contribution is 2.38. The monoisotopic (exact) mass is 524 g/mol. The summed E-state index contributed by atoms with van der Waals surface area (Å²) in [6.45, 7) is 5.64. The minimum absolute atomic E-state index is 0.0990. The Morgan fingerprint density at radius 2 is 1.78 bits per heavy atom. The maximum atomic E-state index is 13.7. The van der Waals surface area contributed by atoms with E-state index in [1.54, 1.807) is 31.4 Å². The summed E-state index contributed by atoms with van der Waals surface area (Å²) in [4.78, 5) is 13.5. The number of anilines is 1. The van der Waals surface area contributed by atoms with Crippen molar-refractivity contribution in [1.82, 2.24) is 5.32 Å². The Bertz CT molecular complexity index is 1390. The molecule has 0 saturated carbocycles. The number of methoxy groups -OCH3 is 2. The highest BCUT2D eigenvalue weighted by atomic mass is 32.2. The lowest BCUT2D eigenvalue weighted by Crippen LogP contribution is -2.51. The number of amides is 1. The van der Waals surface area contributed by atoms with Gasteiger partial charge in [-0.1, -0.05) is 25.1 Å². The normalized spacial score (nSPS) is 15.8. The van der Waals surface area contributed by atoms with E-state index in [4.69, 9.17) is 14.2 Å². The fourth-order valence-corrected chi connectivity index (χ4v) is 5.87. The van der Waals surface area contributed by atoms with Crippen molar-refractivity contribution >= 4 is 21.6 Å². The molecule has 0 bridgehead atoms. The molecule has 0 radical (unpaired) electrons. The number of benzene rings is 3. The molecule has 1 amide bonds. The summed E-state index contributed by atoms with van der Waals surface area (Å²) in [6, 6.07) is 16.9. The van der Waals surface area contributed by atoms with Crippen LogP contribution in [0.15, 0.2) is 65.6 Å². The van der Waals surface area contributed by atoms with Gasteiger partial charge in [0.15, 0.2) is 6.10 Å². The van der Waals surface area contributed by atoms with Crippen molar-refractivity contribution < 1.29 is 27.4 Å². The van der Waals surface area contributed by atoms with Crippen LogP contribution in [0.3, 0.4) is 0 Å². The molecule has 0 spiro atoms. The summed E-state index contributed by atoms with van der Waals surface area (Å²) in [5, 5.41) is 3.04. The fraction of sp³-hybridized carbons (Fsp3) is 0.321. The summed E-state index contributed by atoms with van der Waals surface area (Å²) in [5.41, 5.74) is 3.17. The van der Waals surface area contributed by atoms with E-state index in [1.807, 2.05) is 45.0 Å². The van der Waals surface area contributed by atoms with E-state index in [2.05, 4.69) is 5.32 Å². The van der Waals surface area contributed by atoms with Gasteiger partial charge in [-0.3, -0.25) is 9.10 Å². The van der Waals surface area contributed by atoms with E-state index >= 15 is 0 Å². The van der Waals surface area contributed by atoms with Crippen LogP contribution in [-0.2, 0) is 14.8 Å². The summed E-state index contributed by atoms with van der Waals surface area (Å²) in [7, 11) is -0.843. The number of ether oxygens (including phenoxy) is 3. The van der Waals surface area contributed by atoms with E-state index in [-0.39, 0.29) is 23.4 Å². The number of sulfonamides is 1. The molecule has 1 heterocycles. The molecule has 0 aromatic heterocycles. The van der Waals surface area contributed by atoms with Crippen LogP contribution in [0.2, 0.25) is 0 Å². The van der Waals surface area contributed by atoms with Crippen LogP contribution in [0.5, 0.6) is 17.2 Å². The molecule has 0 saturated heterocycles. The van der Waals surface area contributed by atoms with Crippen LogP contribution in [-0.4, -0.2) is 41.2 Å². The number of aryl methyl sites for hydroxylation is 2. The highest BCUT2D eigenvalue weighted by Gasteiger charge is 2.38. The van der Waals surface area contributed by atoms with Gasteiger partial charge in [0.2, 0.25) is 0 Å². The minimum atomic E-state index is -3.98. The number of hydrogen-bond donors (Lipinski definition) is 1. The predicted molar refractivity (Wildman–Crippen MR) is 142 cm³/mol. The largest absolute Gasteiger partial charge is 0.497 e. The van der Waals surface area contributed by atoms with Crippen molar-refractivity contribution in [2.45, 2.75) is 44.2 Å². The summed E-state index contributed by atoms with van der Waals surface area (Å²) >= 11 is 0. The summed E-state index contributed by atoms with van der Waals surface area (Å²) in [5.74, 6) is 1.27. The third kappa shape index (κ3) is 5.36. The second-order valence-corrected chi connectivity index (χ2v) is 10.9. The molecule has 0 aliphatic carbocycles. The standard InChI is InChI=1S/C28H32N2O6S/c1-6-23(20-8-14-25(35-5)19(3)16-20)29-28(31)27-17-30(24-15-18(2)7-13-26(24)36-27)37(32,33)22-11-9-21(34-4)10-12-22/h7-16,23,27H,6,17H2,1-5H3,(H,29,31)/t23-,27+/m0/s1. The molecule has 0 unspecified atom stereocenters. The van der Waals surface area contributed by atoms with Gasteiger partial charge in [0.1, 0.15) is 17.2 Å². The number of carbonyl (C=O) groups excluding carboxylic acids is 1. The van der Waals surface area contributed by atoms with Gasteiger partial charge in [0.05, 0.1) is 37.4 Å². The molecule has 8 nitrogen and oxygen atoms in total. The van der Waals surface area contributed by atoms with Crippen LogP contribution >= 0.6 is 0 Å². The average molecular weight is 525 g/mol. The van der Waals surface area contributed by atoms with E-state index in [9.17, 15) is 13.2 Å². The third-order valence-corrected chi connectivity index (χ3v) is 8.26. The van der Waals surface area contributed by atoms with Crippen LogP contribution in [0.25, 0.3) is 0 Å². The molecule has 2 atom stereocenters. The lowest BCUT2D eigenvalue weighted by molar-refractivity contribution is -0.128. The first-order chi connectivity index (χ1) is 17.7. The predicted octanol–water partition coefficient (Wildman–Crippen LogP) is 4.54. The van der Waals surface area contributed by atoms with E-state index in [0.717, 1.165) is 22.4 Å². The molecule has 1 aliphatic rings. The van der Waals surface area contributed by atoms with Gasteiger partial charge in [-0.25, -0.2) is 8.42 Å². The average Bonchev–Trinajstić information content (AvgIpc) is 2.90. The smallest absolute Gasteiger partial charge is 0.264 e. The Morgan fingerprint density at radius 1 is 1.05 bits per heavy atom. The molecule has 37 heavy (non-hydrogen) atoms.